The molecule has 0 aliphatic rings. The van der Waals surface area contributed by atoms with Crippen LogP contribution < -0.4 is 21.1 Å². The summed E-state index contributed by atoms with van der Waals surface area (Å²) in [5, 5.41) is 6.62. The highest BCUT2D eigenvalue weighted by atomic mass is 35.5. The Balaban J connectivity index is 1.70. The Morgan fingerprint density at radius 2 is 1.77 bits per heavy atom. The fourth-order valence-corrected chi connectivity index (χ4v) is 4.12. The van der Waals surface area contributed by atoms with Crippen molar-refractivity contribution in [2.75, 3.05) is 18.5 Å². The van der Waals surface area contributed by atoms with Crippen LogP contribution in [0.2, 0.25) is 5.02 Å². The van der Waals surface area contributed by atoms with Gasteiger partial charge in [-0.2, -0.15) is 0 Å². The summed E-state index contributed by atoms with van der Waals surface area (Å²) in [7, 11) is 1.86. The molecule has 1 aromatic heterocycles. The molecule has 3 aromatic rings. The summed E-state index contributed by atoms with van der Waals surface area (Å²) in [4.78, 5) is 39.7. The molecule has 35 heavy (non-hydrogen) atoms. The number of aryl methyl sites for hydroxylation is 1. The van der Waals surface area contributed by atoms with Crippen molar-refractivity contribution < 1.29 is 9.59 Å². The number of benzene rings is 2. The Kier molecular flexibility index (Phi) is 9.23. The van der Waals surface area contributed by atoms with Gasteiger partial charge in [0.1, 0.15) is 0 Å². The Morgan fingerprint density at radius 1 is 1.03 bits per heavy atom. The molecule has 0 aliphatic carbocycles. The molecule has 0 bridgehead atoms. The van der Waals surface area contributed by atoms with E-state index >= 15 is 0 Å². The molecule has 7 nitrogen and oxygen atoms in total. The van der Waals surface area contributed by atoms with E-state index in [1.165, 1.54) is 6.92 Å². The van der Waals surface area contributed by atoms with Crippen LogP contribution >= 0.6 is 11.6 Å². The summed E-state index contributed by atoms with van der Waals surface area (Å²) in [6.45, 7) is 4.96. The monoisotopic (exact) mass is 494 g/mol. The zero-order valence-electron chi connectivity index (χ0n) is 20.3. The van der Waals surface area contributed by atoms with E-state index in [1.54, 1.807) is 15.7 Å². The van der Waals surface area contributed by atoms with Gasteiger partial charge < -0.3 is 20.1 Å². The SMILES string of the molecule is CNCc1ccc(Cl)cc1CNC(=O)Cc1c(C)ccn(CCN(C(C)=O)c2ccccc2)c1=O. The number of amides is 2. The van der Waals surface area contributed by atoms with Crippen LogP contribution in [0.1, 0.15) is 29.2 Å². The van der Waals surface area contributed by atoms with E-state index in [-0.39, 0.29) is 23.8 Å². The van der Waals surface area contributed by atoms with E-state index < -0.39 is 0 Å². The van der Waals surface area contributed by atoms with Crippen molar-refractivity contribution in [2.45, 2.75) is 39.9 Å². The first-order valence-corrected chi connectivity index (χ1v) is 11.9. The van der Waals surface area contributed by atoms with E-state index in [9.17, 15) is 14.4 Å². The molecule has 0 spiro atoms. The van der Waals surface area contributed by atoms with Crippen molar-refractivity contribution in [3.63, 3.8) is 0 Å². The van der Waals surface area contributed by atoms with Crippen LogP contribution in [0, 0.1) is 6.92 Å². The number of rotatable bonds is 10. The normalized spacial score (nSPS) is 10.7. The molecule has 2 amide bonds. The molecule has 2 aromatic carbocycles. The molecule has 0 radical (unpaired) electrons. The van der Waals surface area contributed by atoms with Crippen LogP contribution in [0.25, 0.3) is 0 Å². The second-order valence-electron chi connectivity index (χ2n) is 8.38. The maximum atomic E-state index is 13.2. The first kappa shape index (κ1) is 26.2. The number of nitrogens with zero attached hydrogens (tertiary/aromatic N) is 2. The first-order valence-electron chi connectivity index (χ1n) is 11.5. The fourth-order valence-electron chi connectivity index (χ4n) is 3.93. The molecule has 8 heteroatoms. The summed E-state index contributed by atoms with van der Waals surface area (Å²) >= 11 is 6.13. The van der Waals surface area contributed by atoms with Gasteiger partial charge in [-0.25, -0.2) is 0 Å². The highest BCUT2D eigenvalue weighted by Gasteiger charge is 2.15. The molecule has 0 aliphatic heterocycles. The van der Waals surface area contributed by atoms with E-state index in [0.29, 0.717) is 36.8 Å². The molecule has 184 valence electrons. The van der Waals surface area contributed by atoms with Gasteiger partial charge in [0.05, 0.1) is 6.42 Å². The van der Waals surface area contributed by atoms with E-state index in [2.05, 4.69) is 10.6 Å². The Hall–Kier alpha value is -3.42. The summed E-state index contributed by atoms with van der Waals surface area (Å²) in [6.07, 6.45) is 1.68. The van der Waals surface area contributed by atoms with Crippen LogP contribution in [0.15, 0.2) is 65.6 Å². The maximum Gasteiger partial charge on any atom is 0.254 e. The second-order valence-corrected chi connectivity index (χ2v) is 8.82. The molecular weight excluding hydrogens is 464 g/mol. The Labute approximate surface area is 210 Å². The van der Waals surface area contributed by atoms with Crippen LogP contribution in [-0.2, 0) is 35.6 Å². The lowest BCUT2D eigenvalue weighted by Gasteiger charge is -2.22. The van der Waals surface area contributed by atoms with Crippen LogP contribution in [0.4, 0.5) is 5.69 Å². The fraction of sp³-hybridized carbons (Fsp3) is 0.296. The third kappa shape index (κ3) is 7.04. The van der Waals surface area contributed by atoms with E-state index in [1.807, 2.05) is 68.6 Å². The predicted molar refractivity (Wildman–Crippen MR) is 140 cm³/mol. The highest BCUT2D eigenvalue weighted by molar-refractivity contribution is 6.30. The number of aromatic nitrogens is 1. The lowest BCUT2D eigenvalue weighted by Crippen LogP contribution is -2.36. The van der Waals surface area contributed by atoms with Crippen molar-refractivity contribution >= 4 is 29.1 Å². The Bertz CT molecular complexity index is 1240. The van der Waals surface area contributed by atoms with Gasteiger partial charge in [0.15, 0.2) is 0 Å². The van der Waals surface area contributed by atoms with Gasteiger partial charge in [-0.1, -0.05) is 35.9 Å². The summed E-state index contributed by atoms with van der Waals surface area (Å²) in [5.41, 5.74) is 3.72. The average molecular weight is 495 g/mol. The molecule has 3 rings (SSSR count). The van der Waals surface area contributed by atoms with Gasteiger partial charge in [-0.05, 0) is 61.0 Å². The summed E-state index contributed by atoms with van der Waals surface area (Å²) in [6, 6.07) is 16.7. The lowest BCUT2D eigenvalue weighted by atomic mass is 10.1. The van der Waals surface area contributed by atoms with Crippen molar-refractivity contribution in [1.82, 2.24) is 15.2 Å². The second kappa shape index (κ2) is 12.3. The number of carbonyl (C=O) groups excluding carboxylic acids is 2. The molecule has 2 N–H and O–H groups in total. The van der Waals surface area contributed by atoms with E-state index in [0.717, 1.165) is 22.4 Å². The Morgan fingerprint density at radius 3 is 2.46 bits per heavy atom. The van der Waals surface area contributed by atoms with Crippen LogP contribution in [-0.4, -0.2) is 30.0 Å². The number of hydrogen-bond donors (Lipinski definition) is 2. The zero-order valence-corrected chi connectivity index (χ0v) is 21.1. The van der Waals surface area contributed by atoms with Crippen molar-refractivity contribution in [1.29, 1.82) is 0 Å². The zero-order chi connectivity index (χ0) is 25.4. The molecule has 0 atom stereocenters. The average Bonchev–Trinajstić information content (AvgIpc) is 2.84. The quantitative estimate of drug-likeness (QED) is 0.452. The third-order valence-electron chi connectivity index (χ3n) is 5.86. The summed E-state index contributed by atoms with van der Waals surface area (Å²) in [5.74, 6) is -0.345. The minimum absolute atomic E-state index is 0.0253. The smallest absolute Gasteiger partial charge is 0.254 e. The topological polar surface area (TPSA) is 83.4 Å². The molecular formula is C27H31ClN4O3. The van der Waals surface area contributed by atoms with Crippen molar-refractivity contribution in [3.05, 3.63) is 98.4 Å². The third-order valence-corrected chi connectivity index (χ3v) is 6.10. The molecule has 0 saturated heterocycles. The number of nitrogens with one attached hydrogen (secondary N) is 2. The molecule has 0 fully saturated rings. The first-order chi connectivity index (χ1) is 16.8. The van der Waals surface area contributed by atoms with Crippen LogP contribution in [0.5, 0.6) is 0 Å². The number of carbonyl (C=O) groups is 2. The number of anilines is 1. The highest BCUT2D eigenvalue weighted by Crippen LogP contribution is 2.16. The number of pyridine rings is 1. The van der Waals surface area contributed by atoms with E-state index in [4.69, 9.17) is 11.6 Å². The van der Waals surface area contributed by atoms with Gasteiger partial charge >= 0.3 is 0 Å². The number of hydrogen-bond acceptors (Lipinski definition) is 4. The number of halogens is 1. The molecule has 0 saturated carbocycles. The maximum absolute atomic E-state index is 13.2. The molecule has 1 heterocycles. The van der Waals surface area contributed by atoms with Gasteiger partial charge in [0.2, 0.25) is 11.8 Å². The predicted octanol–water partition coefficient (Wildman–Crippen LogP) is 3.44. The number of para-hydroxylation sites is 1. The van der Waals surface area contributed by atoms with Gasteiger partial charge in [-0.15, -0.1) is 0 Å². The largest absolute Gasteiger partial charge is 0.352 e. The van der Waals surface area contributed by atoms with Crippen molar-refractivity contribution in [2.24, 2.45) is 0 Å². The minimum atomic E-state index is -0.243. The standard InChI is InChI=1S/C27H31ClN4O3/c1-19-11-12-31(13-14-32(20(2)33)24-7-5-4-6-8-24)27(35)25(19)16-26(34)30-18-22-15-23(28)10-9-21(22)17-29-3/h4-12,15,29H,13-14,16-18H2,1-3H3,(H,30,34). The lowest BCUT2D eigenvalue weighted by molar-refractivity contribution is -0.120. The summed E-state index contributed by atoms with van der Waals surface area (Å²) < 4.78 is 1.55. The minimum Gasteiger partial charge on any atom is -0.352 e. The molecule has 0 unspecified atom stereocenters. The van der Waals surface area contributed by atoms with Gasteiger partial charge in [-0.3, -0.25) is 14.4 Å². The van der Waals surface area contributed by atoms with Gasteiger partial charge in [0, 0.05) is 55.6 Å². The van der Waals surface area contributed by atoms with Crippen LogP contribution in [0.3, 0.4) is 0 Å². The van der Waals surface area contributed by atoms with Crippen molar-refractivity contribution in [3.8, 4) is 0 Å². The van der Waals surface area contributed by atoms with Gasteiger partial charge in [0.25, 0.3) is 5.56 Å².